The number of phenolic OH excluding ortho intramolecular Hbond substituents is 1. The van der Waals surface area contributed by atoms with Crippen LogP contribution in [0, 0.1) is 35.0 Å². The molecule has 2 aromatic heterocycles. The third kappa shape index (κ3) is 8.29. The molecule has 8 unspecified atom stereocenters. The van der Waals surface area contributed by atoms with Gasteiger partial charge in [-0.2, -0.15) is 0 Å². The van der Waals surface area contributed by atoms with E-state index in [0.717, 1.165) is 82.1 Å². The summed E-state index contributed by atoms with van der Waals surface area (Å²) in [6.07, 6.45) is 11.8. The Bertz CT molecular complexity index is 1930. The van der Waals surface area contributed by atoms with E-state index in [1.807, 2.05) is 43.3 Å². The molecular weight excluding hydrogens is 717 g/mol. The van der Waals surface area contributed by atoms with E-state index in [-0.39, 0.29) is 59.4 Å². The second kappa shape index (κ2) is 16.6. The molecule has 1 aliphatic heterocycles. The number of hydrogen-bond donors (Lipinski definition) is 7. The highest BCUT2D eigenvalue weighted by Gasteiger charge is 2.53. The van der Waals surface area contributed by atoms with Crippen molar-refractivity contribution in [3.63, 3.8) is 0 Å². The average molecular weight is 771 g/mol. The number of nitrogens with two attached hydrogens (primary N) is 1. The zero-order chi connectivity index (χ0) is 38.0. The molecular formula is C43H54N4O5S2. The fourth-order valence-electron chi connectivity index (χ4n) is 9.68. The first-order valence-electron chi connectivity index (χ1n) is 19.6. The lowest BCUT2D eigenvalue weighted by Gasteiger charge is -2.47. The number of aliphatic hydroxyl groups is 3. The van der Waals surface area contributed by atoms with E-state index in [9.17, 15) is 25.2 Å². The smallest absolute Gasteiger partial charge is 0.189 e. The van der Waals surface area contributed by atoms with Crippen LogP contribution < -0.4 is 16.4 Å². The fourth-order valence-corrected chi connectivity index (χ4v) is 11.7. The molecule has 1 aromatic carbocycles. The van der Waals surface area contributed by atoms with Crippen molar-refractivity contribution in [1.29, 1.82) is 0 Å². The molecule has 288 valence electrons. The molecule has 1 spiro atoms. The zero-order valence-corrected chi connectivity index (χ0v) is 32.9. The predicted octanol–water partition coefficient (Wildman–Crippen LogP) is 6.94. The Labute approximate surface area is 326 Å². The number of thiophene rings is 2. The summed E-state index contributed by atoms with van der Waals surface area (Å²) in [5.74, 6) is 6.73. The first-order valence-corrected chi connectivity index (χ1v) is 21.2. The Morgan fingerprint density at radius 1 is 1.06 bits per heavy atom. The maximum absolute atomic E-state index is 14.6. The molecule has 3 aromatic rings. The quantitative estimate of drug-likeness (QED) is 0.0478. The number of aromatic hydroxyl groups is 1. The minimum absolute atomic E-state index is 0.0776. The number of guanidine groups is 1. The second-order valence-corrected chi connectivity index (χ2v) is 18.2. The van der Waals surface area contributed by atoms with E-state index in [0.29, 0.717) is 30.8 Å². The van der Waals surface area contributed by atoms with Crippen LogP contribution in [-0.2, 0) is 6.42 Å². The molecule has 9 nitrogen and oxygen atoms in total. The van der Waals surface area contributed by atoms with Crippen LogP contribution in [0.4, 0.5) is 5.69 Å². The molecule has 0 bridgehead atoms. The van der Waals surface area contributed by atoms with Gasteiger partial charge in [-0.15, -0.1) is 28.6 Å². The van der Waals surface area contributed by atoms with Crippen molar-refractivity contribution >= 4 is 46.2 Å². The van der Waals surface area contributed by atoms with Crippen molar-refractivity contribution in [3.05, 3.63) is 63.4 Å². The maximum Gasteiger partial charge on any atom is 0.189 e. The van der Waals surface area contributed by atoms with Gasteiger partial charge in [-0.1, -0.05) is 30.9 Å². The number of fused-ring (bicyclic) bond motifs is 1. The summed E-state index contributed by atoms with van der Waals surface area (Å²) in [4.78, 5) is 23.4. The van der Waals surface area contributed by atoms with E-state index in [1.165, 1.54) is 0 Å². The molecule has 3 heterocycles. The summed E-state index contributed by atoms with van der Waals surface area (Å²) in [7, 11) is 0. The third-order valence-corrected chi connectivity index (χ3v) is 14.7. The lowest BCUT2D eigenvalue weighted by Crippen LogP contribution is -2.50. The summed E-state index contributed by atoms with van der Waals surface area (Å²) >= 11 is 3.19. The van der Waals surface area contributed by atoms with Gasteiger partial charge in [0.25, 0.3) is 0 Å². The van der Waals surface area contributed by atoms with E-state index in [1.54, 1.807) is 29.6 Å². The van der Waals surface area contributed by atoms with E-state index in [4.69, 9.17) is 10.7 Å². The predicted molar refractivity (Wildman–Crippen MR) is 219 cm³/mol. The number of aliphatic imine (C=N–C) groups is 1. The van der Waals surface area contributed by atoms with E-state index < -0.39 is 12.2 Å². The largest absolute Gasteiger partial charge is 0.507 e. The molecule has 54 heavy (non-hydrogen) atoms. The van der Waals surface area contributed by atoms with Crippen LogP contribution in [0.2, 0.25) is 0 Å². The second-order valence-electron chi connectivity index (χ2n) is 16.0. The number of ketones is 1. The number of aliphatic hydroxyl groups excluding tert-OH is 3. The SMILES string of the molecule is CC#Cc1ccc(-c2ccc(C(=O)C3CCC(C(Cc4cc(O)c5c(c4)NC(C(C)O)C=C5)NC(N)=NC4CCCC4)CC34CCC(C(O)CO)C4)s2)s1. The van der Waals surface area contributed by atoms with Crippen molar-refractivity contribution in [2.75, 3.05) is 11.9 Å². The number of rotatable bonds is 11. The zero-order valence-electron chi connectivity index (χ0n) is 31.3. The monoisotopic (exact) mass is 770 g/mol. The standard InChI is InChI=1S/C43H54N4O5S2/c1-3-6-30-10-14-38(53-30)39-15-16-40(54-39)41(52)32-12-9-27(22-43(32)18-17-28(23-43)37(51)24-48)34(47-42(44)45-29-7-4-5-8-29)19-26-20-35-31(36(50)21-26)11-13-33(46-35)25(2)49/h10-11,13-16,20-21,25,27-29,32-34,37,46,48-51H,4-5,7-9,12,17-19,22-24H2,1-2H3,(H3,44,45,47). The van der Waals surface area contributed by atoms with Crippen molar-refractivity contribution in [2.45, 2.75) is 115 Å². The van der Waals surface area contributed by atoms with Crippen LogP contribution in [-0.4, -0.2) is 69.1 Å². The van der Waals surface area contributed by atoms with Gasteiger partial charge >= 0.3 is 0 Å². The van der Waals surface area contributed by atoms with Gasteiger partial charge in [-0.3, -0.25) is 9.79 Å². The van der Waals surface area contributed by atoms with Crippen LogP contribution in [0.3, 0.4) is 0 Å². The topological polar surface area (TPSA) is 160 Å². The van der Waals surface area contributed by atoms with Gasteiger partial charge < -0.3 is 36.8 Å². The van der Waals surface area contributed by atoms with Crippen LogP contribution in [0.25, 0.3) is 15.8 Å². The number of anilines is 1. The van der Waals surface area contributed by atoms with Crippen molar-refractivity contribution in [2.24, 2.45) is 33.9 Å². The molecule has 8 atom stereocenters. The molecule has 11 heteroatoms. The number of phenols is 1. The molecule has 0 saturated heterocycles. The van der Waals surface area contributed by atoms with Gasteiger partial charge in [0, 0.05) is 33.0 Å². The molecule has 4 aliphatic rings. The van der Waals surface area contributed by atoms with Crippen LogP contribution in [0.5, 0.6) is 5.75 Å². The minimum Gasteiger partial charge on any atom is -0.507 e. The number of Topliss-reactive ketones (excluding diaryl/α,β-unsaturated/α-hetero) is 1. The number of carbonyl (C=O) groups is 1. The summed E-state index contributed by atoms with van der Waals surface area (Å²) in [5.41, 5.74) is 8.74. The number of carbonyl (C=O) groups excluding carboxylic acids is 1. The number of benzene rings is 1. The maximum atomic E-state index is 14.6. The number of hydrogen-bond acceptors (Lipinski definition) is 9. The average Bonchev–Trinajstić information content (AvgIpc) is 3.99. The molecule has 0 radical (unpaired) electrons. The molecule has 3 aliphatic carbocycles. The Morgan fingerprint density at radius 3 is 2.57 bits per heavy atom. The third-order valence-electron chi connectivity index (χ3n) is 12.4. The van der Waals surface area contributed by atoms with Crippen LogP contribution in [0.1, 0.15) is 104 Å². The highest BCUT2D eigenvalue weighted by atomic mass is 32.1. The molecule has 3 fully saturated rings. The first-order chi connectivity index (χ1) is 26.1. The summed E-state index contributed by atoms with van der Waals surface area (Å²) < 4.78 is 0. The van der Waals surface area contributed by atoms with Gasteiger partial charge in [0.2, 0.25) is 0 Å². The molecule has 0 amide bonds. The van der Waals surface area contributed by atoms with E-state index in [2.05, 4.69) is 34.6 Å². The highest BCUT2D eigenvalue weighted by molar-refractivity contribution is 7.23. The number of nitrogens with zero attached hydrogens (tertiary/aromatic N) is 1. The van der Waals surface area contributed by atoms with Crippen molar-refractivity contribution in [1.82, 2.24) is 5.32 Å². The van der Waals surface area contributed by atoms with Gasteiger partial charge in [0.15, 0.2) is 11.7 Å². The Balaban J connectivity index is 1.18. The van der Waals surface area contributed by atoms with Gasteiger partial charge in [0.05, 0.1) is 40.7 Å². The molecule has 7 rings (SSSR count). The van der Waals surface area contributed by atoms with Crippen LogP contribution in [0.15, 0.2) is 47.5 Å². The van der Waals surface area contributed by atoms with Crippen molar-refractivity contribution < 1.29 is 25.2 Å². The Hall–Kier alpha value is -3.66. The molecule has 3 saturated carbocycles. The normalized spacial score (nSPS) is 27.2. The Morgan fingerprint density at radius 2 is 1.81 bits per heavy atom. The van der Waals surface area contributed by atoms with Gasteiger partial charge in [-0.25, -0.2) is 0 Å². The lowest BCUT2D eigenvalue weighted by atomic mass is 9.58. The van der Waals surface area contributed by atoms with Gasteiger partial charge in [0.1, 0.15) is 5.75 Å². The first kappa shape index (κ1) is 38.6. The highest BCUT2D eigenvalue weighted by Crippen LogP contribution is 2.58. The minimum atomic E-state index is -0.818. The Kier molecular flexibility index (Phi) is 11.9. The van der Waals surface area contributed by atoms with Crippen LogP contribution >= 0.6 is 22.7 Å². The van der Waals surface area contributed by atoms with E-state index >= 15 is 0 Å². The summed E-state index contributed by atoms with van der Waals surface area (Å²) in [6.45, 7) is 3.28. The van der Waals surface area contributed by atoms with Crippen molar-refractivity contribution in [3.8, 4) is 27.3 Å². The number of nitrogens with one attached hydrogen (secondary N) is 2. The summed E-state index contributed by atoms with van der Waals surface area (Å²) in [6, 6.07) is 11.8. The molecule has 8 N–H and O–H groups in total. The fraction of sp³-hybridized carbons (Fsp3) is 0.535. The van der Waals surface area contributed by atoms with Gasteiger partial charge in [-0.05, 0) is 131 Å². The lowest BCUT2D eigenvalue weighted by molar-refractivity contribution is 0.0187. The summed E-state index contributed by atoms with van der Waals surface area (Å²) in [5, 5.41) is 49.2.